The summed E-state index contributed by atoms with van der Waals surface area (Å²) in [6, 6.07) is 11.5. The van der Waals surface area contributed by atoms with Crippen LogP contribution in [0.2, 0.25) is 0 Å². The van der Waals surface area contributed by atoms with Gasteiger partial charge in [-0.3, -0.25) is 0 Å². The van der Waals surface area contributed by atoms with E-state index in [1.807, 2.05) is 30.3 Å². The summed E-state index contributed by atoms with van der Waals surface area (Å²) in [5.74, 6) is 2.87. The smallest absolute Gasteiger partial charge is 0.175 e. The van der Waals surface area contributed by atoms with E-state index in [9.17, 15) is 0 Å². The lowest BCUT2D eigenvalue weighted by atomic mass is 10.0. The van der Waals surface area contributed by atoms with Gasteiger partial charge in [-0.15, -0.1) is 0 Å². The molecule has 0 radical (unpaired) electrons. The summed E-state index contributed by atoms with van der Waals surface area (Å²) in [5.41, 5.74) is 1.10. The van der Waals surface area contributed by atoms with Crippen molar-refractivity contribution in [2.75, 3.05) is 25.0 Å². The second-order valence-corrected chi connectivity index (χ2v) is 6.62. The fourth-order valence-corrected chi connectivity index (χ4v) is 3.11. The summed E-state index contributed by atoms with van der Waals surface area (Å²) in [7, 11) is 0. The van der Waals surface area contributed by atoms with Crippen molar-refractivity contribution < 1.29 is 9.26 Å². The van der Waals surface area contributed by atoms with Crippen molar-refractivity contribution in [3.63, 3.8) is 0 Å². The van der Waals surface area contributed by atoms with Crippen LogP contribution in [0.25, 0.3) is 11.3 Å². The molecule has 0 saturated carbocycles. The third-order valence-corrected chi connectivity index (χ3v) is 4.56. The number of ether oxygens (including phenoxy) is 1. The van der Waals surface area contributed by atoms with Gasteiger partial charge in [0.2, 0.25) is 0 Å². The van der Waals surface area contributed by atoms with Crippen molar-refractivity contribution in [3.8, 4) is 23.1 Å². The Labute approximate surface area is 162 Å². The van der Waals surface area contributed by atoms with E-state index in [0.717, 1.165) is 24.4 Å². The van der Waals surface area contributed by atoms with Crippen molar-refractivity contribution in [1.82, 2.24) is 20.4 Å². The highest BCUT2D eigenvalue weighted by Gasteiger charge is 2.16. The molecule has 8 nitrogen and oxygen atoms in total. The number of hydrogen-bond donors (Lipinski definition) is 2. The lowest BCUT2D eigenvalue weighted by Crippen LogP contribution is -2.33. The molecule has 0 bridgehead atoms. The van der Waals surface area contributed by atoms with Gasteiger partial charge in [-0.25, -0.2) is 9.97 Å². The van der Waals surface area contributed by atoms with E-state index in [1.54, 1.807) is 6.07 Å². The lowest BCUT2D eigenvalue weighted by molar-refractivity contribution is 0.219. The number of benzene rings is 1. The highest BCUT2D eigenvalue weighted by molar-refractivity contribution is 5.68. The van der Waals surface area contributed by atoms with Gasteiger partial charge < -0.3 is 19.9 Å². The van der Waals surface area contributed by atoms with Crippen LogP contribution in [0.1, 0.15) is 18.5 Å². The van der Waals surface area contributed by atoms with Crippen LogP contribution in [0.5, 0.6) is 5.75 Å². The van der Waals surface area contributed by atoms with Crippen LogP contribution in [0, 0.1) is 17.2 Å². The predicted molar refractivity (Wildman–Crippen MR) is 103 cm³/mol. The minimum Gasteiger partial charge on any atom is -0.492 e. The molecular formula is C20H20N6O2. The zero-order chi connectivity index (χ0) is 19.2. The van der Waals surface area contributed by atoms with E-state index in [1.165, 1.54) is 25.2 Å². The Morgan fingerprint density at radius 2 is 2.18 bits per heavy atom. The molecule has 1 atom stereocenters. The minimum absolute atomic E-state index is 0.255. The number of nitrogens with one attached hydrogen (secondary N) is 2. The van der Waals surface area contributed by atoms with E-state index in [4.69, 9.17) is 14.5 Å². The second-order valence-electron chi connectivity index (χ2n) is 6.62. The average molecular weight is 376 g/mol. The molecular weight excluding hydrogens is 356 g/mol. The number of nitriles is 1. The predicted octanol–water partition coefficient (Wildman–Crippen LogP) is 3.13. The van der Waals surface area contributed by atoms with Crippen LogP contribution in [0.3, 0.4) is 0 Å². The highest BCUT2D eigenvalue weighted by atomic mass is 16.5. The number of para-hydroxylation sites is 1. The van der Waals surface area contributed by atoms with Gasteiger partial charge in [0.15, 0.2) is 17.3 Å². The molecule has 3 heterocycles. The third-order valence-electron chi connectivity index (χ3n) is 4.56. The van der Waals surface area contributed by atoms with Gasteiger partial charge >= 0.3 is 0 Å². The van der Waals surface area contributed by atoms with Gasteiger partial charge in [-0.1, -0.05) is 17.3 Å². The average Bonchev–Trinajstić information content (AvgIpc) is 3.22. The largest absolute Gasteiger partial charge is 0.492 e. The maximum Gasteiger partial charge on any atom is 0.175 e. The Balaban J connectivity index is 1.46. The first-order valence-corrected chi connectivity index (χ1v) is 9.20. The van der Waals surface area contributed by atoms with Gasteiger partial charge in [0, 0.05) is 18.5 Å². The topological polar surface area (TPSA) is 109 Å². The number of rotatable bonds is 6. The fourth-order valence-electron chi connectivity index (χ4n) is 3.11. The molecule has 28 heavy (non-hydrogen) atoms. The molecule has 0 amide bonds. The number of nitrogens with zero attached hydrogens (tertiary/aromatic N) is 4. The lowest BCUT2D eigenvalue weighted by Gasteiger charge is -2.23. The number of hydrogen-bond acceptors (Lipinski definition) is 8. The Kier molecular flexibility index (Phi) is 5.45. The van der Waals surface area contributed by atoms with Crippen molar-refractivity contribution in [1.29, 1.82) is 5.26 Å². The summed E-state index contributed by atoms with van der Waals surface area (Å²) < 4.78 is 11.6. The summed E-state index contributed by atoms with van der Waals surface area (Å²) in [6.45, 7) is 2.75. The second kappa shape index (κ2) is 8.50. The van der Waals surface area contributed by atoms with Crippen molar-refractivity contribution >= 4 is 11.6 Å². The molecule has 0 spiro atoms. The summed E-state index contributed by atoms with van der Waals surface area (Å²) in [4.78, 5) is 8.09. The molecule has 2 N–H and O–H groups in total. The van der Waals surface area contributed by atoms with Crippen LogP contribution in [0.4, 0.5) is 11.6 Å². The van der Waals surface area contributed by atoms with E-state index in [0.29, 0.717) is 29.9 Å². The Morgan fingerprint density at radius 3 is 2.96 bits per heavy atom. The molecule has 1 aromatic carbocycles. The van der Waals surface area contributed by atoms with Crippen LogP contribution >= 0.6 is 0 Å². The summed E-state index contributed by atoms with van der Waals surface area (Å²) >= 11 is 0. The Hall–Kier alpha value is -3.44. The van der Waals surface area contributed by atoms with Crippen LogP contribution in [-0.4, -0.2) is 34.8 Å². The van der Waals surface area contributed by atoms with Gasteiger partial charge in [0.25, 0.3) is 0 Å². The minimum atomic E-state index is 0.255. The molecule has 0 aliphatic carbocycles. The normalized spacial score (nSPS) is 16.3. The molecule has 3 aromatic rings. The first-order valence-electron chi connectivity index (χ1n) is 9.20. The molecule has 142 valence electrons. The first kappa shape index (κ1) is 17.9. The van der Waals surface area contributed by atoms with Gasteiger partial charge in [-0.05, 0) is 31.5 Å². The van der Waals surface area contributed by atoms with Crippen molar-refractivity contribution in [3.05, 3.63) is 48.4 Å². The number of anilines is 2. The van der Waals surface area contributed by atoms with Crippen LogP contribution in [-0.2, 0) is 0 Å². The van der Waals surface area contributed by atoms with E-state index in [2.05, 4.69) is 25.8 Å². The van der Waals surface area contributed by atoms with E-state index in [-0.39, 0.29) is 5.69 Å². The standard InChI is InChI=1S/C20H20N6O2/c21-9-15-11-24-20(12-23-15)25-19-8-18(28-26-19)16-5-1-2-6-17(16)27-13-14-4-3-7-22-10-14/h1-2,5-6,8,11-12,14,22H,3-4,7,10,13H2,(H,24,25,26). The third kappa shape index (κ3) is 4.27. The zero-order valence-corrected chi connectivity index (χ0v) is 15.3. The van der Waals surface area contributed by atoms with Gasteiger partial charge in [-0.2, -0.15) is 5.26 Å². The van der Waals surface area contributed by atoms with Crippen LogP contribution < -0.4 is 15.4 Å². The van der Waals surface area contributed by atoms with Gasteiger partial charge in [0.1, 0.15) is 17.6 Å². The molecule has 2 aromatic heterocycles. The molecule has 4 rings (SSSR count). The molecule has 1 aliphatic rings. The monoisotopic (exact) mass is 376 g/mol. The SMILES string of the molecule is N#Cc1cnc(Nc2cc(-c3ccccc3OCC3CCCNC3)on2)cn1. The van der Waals surface area contributed by atoms with Gasteiger partial charge in [0.05, 0.1) is 24.6 Å². The maximum absolute atomic E-state index is 8.78. The number of piperidine rings is 1. The Morgan fingerprint density at radius 1 is 1.25 bits per heavy atom. The molecule has 1 aliphatic heterocycles. The molecule has 1 unspecified atom stereocenters. The highest BCUT2D eigenvalue weighted by Crippen LogP contribution is 2.32. The summed E-state index contributed by atoms with van der Waals surface area (Å²) in [5, 5.41) is 19.2. The first-order chi connectivity index (χ1) is 13.8. The molecule has 1 fully saturated rings. The maximum atomic E-state index is 8.78. The van der Waals surface area contributed by atoms with E-state index >= 15 is 0 Å². The van der Waals surface area contributed by atoms with Crippen molar-refractivity contribution in [2.45, 2.75) is 12.8 Å². The summed E-state index contributed by atoms with van der Waals surface area (Å²) in [6.07, 6.45) is 5.23. The van der Waals surface area contributed by atoms with E-state index < -0.39 is 0 Å². The van der Waals surface area contributed by atoms with Crippen LogP contribution in [0.15, 0.2) is 47.2 Å². The fraction of sp³-hybridized carbons (Fsp3) is 0.300. The molecule has 8 heteroatoms. The molecule has 1 saturated heterocycles. The number of aromatic nitrogens is 3. The zero-order valence-electron chi connectivity index (χ0n) is 15.3. The quantitative estimate of drug-likeness (QED) is 0.675. The Bertz CT molecular complexity index is 957. The van der Waals surface area contributed by atoms with Crippen molar-refractivity contribution in [2.24, 2.45) is 5.92 Å².